The predicted molar refractivity (Wildman–Crippen MR) is 134 cm³/mol. The summed E-state index contributed by atoms with van der Waals surface area (Å²) < 4.78 is 5.24. The number of nitrogens with zero attached hydrogens (tertiary/aromatic N) is 1. The van der Waals surface area contributed by atoms with Gasteiger partial charge in [0.15, 0.2) is 12.4 Å². The highest BCUT2D eigenvalue weighted by Crippen LogP contribution is 2.18. The van der Waals surface area contributed by atoms with Crippen molar-refractivity contribution in [2.24, 2.45) is 0 Å². The van der Waals surface area contributed by atoms with Gasteiger partial charge in [0.2, 0.25) is 0 Å². The molecule has 0 bridgehead atoms. The van der Waals surface area contributed by atoms with Gasteiger partial charge in [-0.05, 0) is 48.7 Å². The highest BCUT2D eigenvalue weighted by molar-refractivity contribution is 6.30. The van der Waals surface area contributed by atoms with Crippen LogP contribution in [0.25, 0.3) is 0 Å². The van der Waals surface area contributed by atoms with Crippen molar-refractivity contribution in [2.75, 3.05) is 19.7 Å². The van der Waals surface area contributed by atoms with Crippen LogP contribution in [-0.4, -0.2) is 48.3 Å². The molecule has 6 nitrogen and oxygen atoms in total. The Hall–Kier alpha value is -3.48. The normalized spacial score (nSPS) is 14.3. The van der Waals surface area contributed by atoms with E-state index in [0.717, 1.165) is 32.5 Å². The maximum absolute atomic E-state index is 12.9. The molecule has 0 radical (unpaired) electrons. The van der Waals surface area contributed by atoms with E-state index in [9.17, 15) is 14.4 Å². The summed E-state index contributed by atoms with van der Waals surface area (Å²) in [6, 6.07) is 23.2. The minimum Gasteiger partial charge on any atom is -0.452 e. The molecular weight excluding hydrogens is 464 g/mol. The fourth-order valence-electron chi connectivity index (χ4n) is 4.17. The summed E-state index contributed by atoms with van der Waals surface area (Å²) in [4.78, 5) is 40.4. The van der Waals surface area contributed by atoms with Gasteiger partial charge in [-0.3, -0.25) is 14.5 Å². The van der Waals surface area contributed by atoms with Gasteiger partial charge < -0.3 is 10.1 Å². The van der Waals surface area contributed by atoms with E-state index >= 15 is 0 Å². The molecule has 0 atom stereocenters. The van der Waals surface area contributed by atoms with Crippen molar-refractivity contribution in [2.45, 2.75) is 25.4 Å². The van der Waals surface area contributed by atoms with Gasteiger partial charge in [0.25, 0.3) is 5.91 Å². The van der Waals surface area contributed by atoms with Gasteiger partial charge >= 0.3 is 5.97 Å². The Labute approximate surface area is 209 Å². The van der Waals surface area contributed by atoms with E-state index in [1.165, 1.54) is 11.6 Å². The van der Waals surface area contributed by atoms with Crippen LogP contribution in [0.5, 0.6) is 0 Å². The third-order valence-corrected chi connectivity index (χ3v) is 6.29. The molecule has 1 N–H and O–H groups in total. The number of ether oxygens (including phenoxy) is 1. The molecule has 0 aromatic heterocycles. The fraction of sp³-hybridized carbons (Fsp3) is 0.250. The number of ketones is 1. The minimum absolute atomic E-state index is 0.0481. The zero-order valence-corrected chi connectivity index (χ0v) is 20.0. The van der Waals surface area contributed by atoms with Crippen LogP contribution in [-0.2, 0) is 16.1 Å². The number of rotatable bonds is 8. The van der Waals surface area contributed by atoms with Gasteiger partial charge in [0.1, 0.15) is 0 Å². The Morgan fingerprint density at radius 3 is 2.17 bits per heavy atom. The molecule has 0 spiro atoms. The van der Waals surface area contributed by atoms with Crippen molar-refractivity contribution in [1.29, 1.82) is 0 Å². The number of esters is 1. The highest BCUT2D eigenvalue weighted by Gasteiger charge is 2.23. The van der Waals surface area contributed by atoms with Crippen LogP contribution in [0, 0.1) is 0 Å². The quantitative estimate of drug-likeness (QED) is 0.371. The molecule has 1 fully saturated rings. The lowest BCUT2D eigenvalue weighted by Crippen LogP contribution is -2.45. The third kappa shape index (κ3) is 6.78. The van der Waals surface area contributed by atoms with Crippen LogP contribution in [0.3, 0.4) is 0 Å². The summed E-state index contributed by atoms with van der Waals surface area (Å²) in [5, 5.41) is 3.47. The van der Waals surface area contributed by atoms with E-state index in [0.29, 0.717) is 10.6 Å². The highest BCUT2D eigenvalue weighted by atomic mass is 35.5. The predicted octanol–water partition coefficient (Wildman–Crippen LogP) is 4.51. The molecule has 3 aromatic carbocycles. The molecule has 3 aromatic rings. The summed E-state index contributed by atoms with van der Waals surface area (Å²) in [6.07, 6.45) is 1.68. The maximum atomic E-state index is 12.9. The summed E-state index contributed by atoms with van der Waals surface area (Å²) in [6.45, 7) is 2.28. The largest absolute Gasteiger partial charge is 0.452 e. The first-order valence-electron chi connectivity index (χ1n) is 11.6. The number of halogens is 1. The van der Waals surface area contributed by atoms with Crippen molar-refractivity contribution in [1.82, 2.24) is 10.2 Å². The molecule has 0 aliphatic carbocycles. The molecule has 35 heavy (non-hydrogen) atoms. The molecule has 180 valence electrons. The van der Waals surface area contributed by atoms with E-state index in [-0.39, 0.29) is 28.9 Å². The Morgan fingerprint density at radius 1 is 0.857 bits per heavy atom. The second-order valence-electron chi connectivity index (χ2n) is 8.56. The standard InChI is InChI=1S/C28H27ClN2O4/c29-22-12-10-21(11-13-22)27(33)24-8-4-5-9-25(24)28(34)35-19-26(32)30-23-14-16-31(17-15-23)18-20-6-2-1-3-7-20/h1-13,23H,14-19H2,(H,30,32). The number of benzene rings is 3. The lowest BCUT2D eigenvalue weighted by atomic mass is 9.98. The fourth-order valence-corrected chi connectivity index (χ4v) is 4.30. The second-order valence-corrected chi connectivity index (χ2v) is 9.00. The molecule has 1 saturated heterocycles. The molecule has 1 amide bonds. The number of likely N-dealkylation sites (tertiary alicyclic amines) is 1. The lowest BCUT2D eigenvalue weighted by Gasteiger charge is -2.32. The number of amides is 1. The van der Waals surface area contributed by atoms with Crippen LogP contribution >= 0.6 is 11.6 Å². The van der Waals surface area contributed by atoms with E-state index in [1.807, 2.05) is 18.2 Å². The van der Waals surface area contributed by atoms with Crippen LogP contribution in [0.15, 0.2) is 78.9 Å². The van der Waals surface area contributed by atoms with Gasteiger partial charge in [-0.1, -0.05) is 60.1 Å². The number of carbonyl (C=O) groups excluding carboxylic acids is 3. The van der Waals surface area contributed by atoms with Crippen LogP contribution in [0.4, 0.5) is 0 Å². The van der Waals surface area contributed by atoms with Gasteiger partial charge in [-0.15, -0.1) is 0 Å². The Kier molecular flexibility index (Phi) is 8.29. The number of hydrogen-bond acceptors (Lipinski definition) is 5. The minimum atomic E-state index is -0.712. The van der Waals surface area contributed by atoms with Crippen molar-refractivity contribution in [3.05, 3.63) is 106 Å². The Bertz CT molecular complexity index is 1170. The van der Waals surface area contributed by atoms with Crippen molar-refractivity contribution >= 4 is 29.3 Å². The van der Waals surface area contributed by atoms with Gasteiger partial charge in [0, 0.05) is 41.8 Å². The first-order chi connectivity index (χ1) is 17.0. The monoisotopic (exact) mass is 490 g/mol. The molecule has 7 heteroatoms. The molecule has 1 aliphatic rings. The molecule has 0 unspecified atom stereocenters. The zero-order chi connectivity index (χ0) is 24.6. The Morgan fingerprint density at radius 2 is 1.49 bits per heavy atom. The first kappa shape index (κ1) is 24.6. The Balaban J connectivity index is 1.26. The van der Waals surface area contributed by atoms with E-state index in [1.54, 1.807) is 42.5 Å². The first-order valence-corrected chi connectivity index (χ1v) is 12.0. The topological polar surface area (TPSA) is 75.7 Å². The molecule has 1 aliphatic heterocycles. The average molecular weight is 491 g/mol. The smallest absolute Gasteiger partial charge is 0.339 e. The molecule has 0 saturated carbocycles. The van der Waals surface area contributed by atoms with E-state index in [4.69, 9.17) is 16.3 Å². The van der Waals surface area contributed by atoms with Gasteiger partial charge in [-0.2, -0.15) is 0 Å². The van der Waals surface area contributed by atoms with Crippen molar-refractivity contribution in [3.8, 4) is 0 Å². The van der Waals surface area contributed by atoms with Crippen LogP contribution in [0.1, 0.15) is 44.7 Å². The zero-order valence-electron chi connectivity index (χ0n) is 19.3. The third-order valence-electron chi connectivity index (χ3n) is 6.03. The molecule has 4 rings (SSSR count). The lowest BCUT2D eigenvalue weighted by molar-refractivity contribution is -0.125. The van der Waals surface area contributed by atoms with E-state index in [2.05, 4.69) is 22.3 Å². The van der Waals surface area contributed by atoms with E-state index < -0.39 is 12.6 Å². The summed E-state index contributed by atoms with van der Waals surface area (Å²) in [7, 11) is 0. The summed E-state index contributed by atoms with van der Waals surface area (Å²) in [5.41, 5.74) is 2.02. The van der Waals surface area contributed by atoms with Crippen molar-refractivity contribution < 1.29 is 19.1 Å². The number of nitrogens with one attached hydrogen (secondary N) is 1. The van der Waals surface area contributed by atoms with Gasteiger partial charge in [-0.25, -0.2) is 4.79 Å². The summed E-state index contributed by atoms with van der Waals surface area (Å²) in [5.74, 6) is -1.38. The summed E-state index contributed by atoms with van der Waals surface area (Å²) >= 11 is 5.90. The number of hydrogen-bond donors (Lipinski definition) is 1. The number of carbonyl (C=O) groups is 3. The number of piperidine rings is 1. The average Bonchev–Trinajstić information content (AvgIpc) is 2.89. The maximum Gasteiger partial charge on any atom is 0.339 e. The van der Waals surface area contributed by atoms with Crippen LogP contribution < -0.4 is 5.32 Å². The molecule has 1 heterocycles. The van der Waals surface area contributed by atoms with Crippen molar-refractivity contribution in [3.63, 3.8) is 0 Å². The molecular formula is C28H27ClN2O4. The van der Waals surface area contributed by atoms with Gasteiger partial charge in [0.05, 0.1) is 5.56 Å². The SMILES string of the molecule is O=C(COC(=O)c1ccccc1C(=O)c1ccc(Cl)cc1)NC1CCN(Cc2ccccc2)CC1. The van der Waals surface area contributed by atoms with Crippen LogP contribution in [0.2, 0.25) is 5.02 Å². The second kappa shape index (κ2) is 11.8.